The maximum Gasteiger partial charge on any atom is 0.243 e. The summed E-state index contributed by atoms with van der Waals surface area (Å²) in [6.45, 7) is 11.2. The number of hydrogen-bond donors (Lipinski definition) is 0. The standard InChI is InChI=1S/C23H34N4O4S/c1-6-26(7-2)32(29,30)18-13-14-19-17(16-18)10-9-15-27(19)21(28)12-8-11-20-24-22(25-31-20)23(3,4)5/h13-14,16H,6-12,15H2,1-5H3. The van der Waals surface area contributed by atoms with Gasteiger partial charge < -0.3 is 9.42 Å². The van der Waals surface area contributed by atoms with Crippen LogP contribution in [-0.4, -0.2) is 48.4 Å². The Kier molecular flexibility index (Phi) is 7.39. The molecule has 176 valence electrons. The Balaban J connectivity index is 1.68. The van der Waals surface area contributed by atoms with Crippen LogP contribution >= 0.6 is 0 Å². The van der Waals surface area contributed by atoms with Gasteiger partial charge in [0, 0.05) is 43.6 Å². The van der Waals surface area contributed by atoms with Gasteiger partial charge >= 0.3 is 0 Å². The third-order valence-corrected chi connectivity index (χ3v) is 7.78. The summed E-state index contributed by atoms with van der Waals surface area (Å²) in [5.74, 6) is 1.24. The van der Waals surface area contributed by atoms with Crippen LogP contribution in [0.2, 0.25) is 0 Å². The van der Waals surface area contributed by atoms with E-state index in [2.05, 4.69) is 10.1 Å². The molecule has 0 bridgehead atoms. The maximum atomic E-state index is 12.9. The van der Waals surface area contributed by atoms with Crippen molar-refractivity contribution in [3.8, 4) is 0 Å². The van der Waals surface area contributed by atoms with E-state index in [9.17, 15) is 13.2 Å². The van der Waals surface area contributed by atoms with Gasteiger partial charge in [0.25, 0.3) is 0 Å². The van der Waals surface area contributed by atoms with Gasteiger partial charge in [0.2, 0.25) is 21.8 Å². The van der Waals surface area contributed by atoms with Crippen molar-refractivity contribution in [2.24, 2.45) is 0 Å². The second-order valence-electron chi connectivity index (χ2n) is 9.14. The molecule has 1 aliphatic rings. The van der Waals surface area contributed by atoms with E-state index < -0.39 is 10.0 Å². The van der Waals surface area contributed by atoms with E-state index in [1.807, 2.05) is 34.6 Å². The molecule has 8 nitrogen and oxygen atoms in total. The van der Waals surface area contributed by atoms with Gasteiger partial charge in [-0.15, -0.1) is 0 Å². The Bertz CT molecular complexity index is 1050. The van der Waals surface area contributed by atoms with Crippen LogP contribution in [-0.2, 0) is 33.1 Å². The number of aromatic nitrogens is 2. The van der Waals surface area contributed by atoms with Gasteiger partial charge in [-0.05, 0) is 43.0 Å². The molecule has 0 N–H and O–H groups in total. The second-order valence-corrected chi connectivity index (χ2v) is 11.1. The topological polar surface area (TPSA) is 96.6 Å². The van der Waals surface area contributed by atoms with Gasteiger partial charge in [-0.3, -0.25) is 4.79 Å². The molecule has 0 saturated carbocycles. The molecule has 0 saturated heterocycles. The lowest BCUT2D eigenvalue weighted by Gasteiger charge is -2.30. The summed E-state index contributed by atoms with van der Waals surface area (Å²) in [7, 11) is -3.52. The average molecular weight is 463 g/mol. The molecular weight excluding hydrogens is 428 g/mol. The Morgan fingerprint density at radius 3 is 2.56 bits per heavy atom. The normalized spacial score (nSPS) is 14.6. The largest absolute Gasteiger partial charge is 0.339 e. The van der Waals surface area contributed by atoms with Crippen LogP contribution in [0.5, 0.6) is 0 Å². The van der Waals surface area contributed by atoms with E-state index >= 15 is 0 Å². The minimum Gasteiger partial charge on any atom is -0.339 e. The predicted octanol–water partition coefficient (Wildman–Crippen LogP) is 3.70. The Hall–Kier alpha value is -2.26. The highest BCUT2D eigenvalue weighted by Gasteiger charge is 2.27. The number of anilines is 1. The van der Waals surface area contributed by atoms with Crippen molar-refractivity contribution in [3.05, 3.63) is 35.5 Å². The SMILES string of the molecule is CCN(CC)S(=O)(=O)c1ccc2c(c1)CCCN2C(=O)CCCc1nc(C(C)(C)C)no1. The molecule has 2 heterocycles. The van der Waals surface area contributed by atoms with Gasteiger partial charge in [0.1, 0.15) is 0 Å². The Labute approximate surface area is 191 Å². The molecule has 0 spiro atoms. The number of aryl methyl sites for hydroxylation is 2. The number of fused-ring (bicyclic) bond motifs is 1. The average Bonchev–Trinajstić information content (AvgIpc) is 3.23. The van der Waals surface area contributed by atoms with Crippen LogP contribution in [0.3, 0.4) is 0 Å². The molecule has 0 radical (unpaired) electrons. The minimum absolute atomic E-state index is 0.0286. The molecule has 2 aromatic rings. The molecule has 0 aliphatic carbocycles. The molecule has 0 fully saturated rings. The molecule has 0 unspecified atom stereocenters. The first-order chi connectivity index (χ1) is 15.1. The van der Waals surface area contributed by atoms with Gasteiger partial charge in [-0.1, -0.05) is 39.8 Å². The summed E-state index contributed by atoms with van der Waals surface area (Å²) in [6.07, 6.45) is 3.11. The number of benzene rings is 1. The van der Waals surface area contributed by atoms with E-state index in [-0.39, 0.29) is 11.3 Å². The molecule has 0 atom stereocenters. The molecule has 9 heteroatoms. The highest BCUT2D eigenvalue weighted by atomic mass is 32.2. The van der Waals surface area contributed by atoms with Crippen LogP contribution in [0.25, 0.3) is 0 Å². The van der Waals surface area contributed by atoms with E-state index in [1.165, 1.54) is 4.31 Å². The van der Waals surface area contributed by atoms with Gasteiger partial charge in [-0.25, -0.2) is 8.42 Å². The van der Waals surface area contributed by atoms with Crippen LogP contribution in [0.1, 0.15) is 71.2 Å². The van der Waals surface area contributed by atoms with Crippen LogP contribution < -0.4 is 4.90 Å². The lowest BCUT2D eigenvalue weighted by atomic mass is 9.96. The highest BCUT2D eigenvalue weighted by molar-refractivity contribution is 7.89. The summed E-state index contributed by atoms with van der Waals surface area (Å²) in [5, 5.41) is 4.02. The fourth-order valence-corrected chi connectivity index (χ4v) is 5.40. The maximum absolute atomic E-state index is 12.9. The molecule has 1 amide bonds. The van der Waals surface area contributed by atoms with E-state index in [4.69, 9.17) is 4.52 Å². The van der Waals surface area contributed by atoms with Gasteiger partial charge in [-0.2, -0.15) is 9.29 Å². The Morgan fingerprint density at radius 2 is 1.94 bits per heavy atom. The summed E-state index contributed by atoms with van der Waals surface area (Å²) >= 11 is 0. The van der Waals surface area contributed by atoms with Crippen molar-refractivity contribution in [1.29, 1.82) is 0 Å². The van der Waals surface area contributed by atoms with Crippen molar-refractivity contribution in [2.75, 3.05) is 24.5 Å². The third-order valence-electron chi connectivity index (χ3n) is 5.73. The first-order valence-electron chi connectivity index (χ1n) is 11.3. The fraction of sp³-hybridized carbons (Fsp3) is 0.609. The zero-order valence-electron chi connectivity index (χ0n) is 19.7. The smallest absolute Gasteiger partial charge is 0.243 e. The van der Waals surface area contributed by atoms with Crippen molar-refractivity contribution < 1.29 is 17.7 Å². The van der Waals surface area contributed by atoms with Crippen LogP contribution in [0.15, 0.2) is 27.6 Å². The molecule has 32 heavy (non-hydrogen) atoms. The fourth-order valence-electron chi connectivity index (χ4n) is 3.89. The second kappa shape index (κ2) is 9.70. The molecule has 1 aliphatic heterocycles. The Morgan fingerprint density at radius 1 is 1.22 bits per heavy atom. The number of carbonyl (C=O) groups excluding carboxylic acids is 1. The van der Waals surface area contributed by atoms with E-state index in [0.29, 0.717) is 55.5 Å². The number of nitrogens with zero attached hydrogens (tertiary/aromatic N) is 4. The van der Waals surface area contributed by atoms with Gasteiger partial charge in [0.05, 0.1) is 4.90 Å². The molecule has 1 aromatic heterocycles. The lowest BCUT2D eigenvalue weighted by molar-refractivity contribution is -0.118. The summed E-state index contributed by atoms with van der Waals surface area (Å²) < 4.78 is 32.5. The number of amides is 1. The first kappa shape index (κ1) is 24.4. The van der Waals surface area contributed by atoms with Crippen molar-refractivity contribution in [1.82, 2.24) is 14.4 Å². The zero-order chi connectivity index (χ0) is 23.5. The van der Waals surface area contributed by atoms with Crippen LogP contribution in [0.4, 0.5) is 5.69 Å². The summed E-state index contributed by atoms with van der Waals surface area (Å²) in [5.41, 5.74) is 1.55. The third kappa shape index (κ3) is 5.20. The quantitative estimate of drug-likeness (QED) is 0.593. The number of hydrogen-bond acceptors (Lipinski definition) is 6. The minimum atomic E-state index is -3.52. The number of carbonyl (C=O) groups is 1. The van der Waals surface area contributed by atoms with Crippen molar-refractivity contribution in [3.63, 3.8) is 0 Å². The molecule has 1 aromatic carbocycles. The number of sulfonamides is 1. The summed E-state index contributed by atoms with van der Waals surface area (Å²) in [6, 6.07) is 5.12. The summed E-state index contributed by atoms with van der Waals surface area (Å²) in [4.78, 5) is 19.4. The van der Waals surface area contributed by atoms with Gasteiger partial charge in [0.15, 0.2) is 5.82 Å². The monoisotopic (exact) mass is 462 g/mol. The zero-order valence-corrected chi connectivity index (χ0v) is 20.5. The van der Waals surface area contributed by atoms with E-state index in [0.717, 1.165) is 24.1 Å². The van der Waals surface area contributed by atoms with Crippen LogP contribution in [0, 0.1) is 0 Å². The molecule has 3 rings (SSSR count). The van der Waals surface area contributed by atoms with Crippen molar-refractivity contribution >= 4 is 21.6 Å². The number of rotatable bonds is 8. The molecular formula is C23H34N4O4S. The highest BCUT2D eigenvalue weighted by Crippen LogP contribution is 2.31. The van der Waals surface area contributed by atoms with Crippen molar-refractivity contribution in [2.45, 2.75) is 77.0 Å². The predicted molar refractivity (Wildman–Crippen MR) is 123 cm³/mol. The van der Waals surface area contributed by atoms with E-state index in [1.54, 1.807) is 23.1 Å². The first-order valence-corrected chi connectivity index (χ1v) is 12.8. The lowest BCUT2D eigenvalue weighted by Crippen LogP contribution is -2.36.